The van der Waals surface area contributed by atoms with Gasteiger partial charge in [0.05, 0.1) is 13.0 Å². The second-order valence-corrected chi connectivity index (χ2v) is 8.98. The summed E-state index contributed by atoms with van der Waals surface area (Å²) < 4.78 is 31.5. The molecule has 192 valence electrons. The maximum Gasteiger partial charge on any atom is 0.231 e. The van der Waals surface area contributed by atoms with E-state index in [1.807, 2.05) is 50.3 Å². The van der Waals surface area contributed by atoms with Crippen LogP contribution in [0.1, 0.15) is 43.7 Å². The SMILES string of the molecule is C/C=N\C(=C/C)CCNC(=O)Cc1cc([C@@H]2CCNC[C@H]2COc2ccc3c(c2)OCO3)ccc1F. The molecule has 0 aromatic heterocycles. The lowest BCUT2D eigenvalue weighted by molar-refractivity contribution is -0.120. The zero-order chi connectivity index (χ0) is 25.3. The number of allylic oxidation sites excluding steroid dienone is 1. The van der Waals surface area contributed by atoms with Crippen molar-refractivity contribution in [1.29, 1.82) is 0 Å². The first-order valence-corrected chi connectivity index (χ1v) is 12.5. The topological polar surface area (TPSA) is 81.2 Å². The summed E-state index contributed by atoms with van der Waals surface area (Å²) in [7, 11) is 0. The van der Waals surface area contributed by atoms with Crippen molar-refractivity contribution in [1.82, 2.24) is 10.6 Å². The van der Waals surface area contributed by atoms with Crippen LogP contribution in [0.15, 0.2) is 53.2 Å². The number of ether oxygens (including phenoxy) is 3. The third-order valence-electron chi connectivity index (χ3n) is 6.60. The number of piperidine rings is 1. The highest BCUT2D eigenvalue weighted by molar-refractivity contribution is 5.78. The third kappa shape index (κ3) is 6.63. The Bertz CT molecular complexity index is 1120. The van der Waals surface area contributed by atoms with Gasteiger partial charge in [-0.05, 0) is 62.1 Å². The van der Waals surface area contributed by atoms with Gasteiger partial charge in [-0.1, -0.05) is 18.2 Å². The van der Waals surface area contributed by atoms with Crippen molar-refractivity contribution in [3.8, 4) is 17.2 Å². The Balaban J connectivity index is 1.37. The van der Waals surface area contributed by atoms with Crippen molar-refractivity contribution in [2.24, 2.45) is 10.9 Å². The van der Waals surface area contributed by atoms with Crippen LogP contribution < -0.4 is 24.8 Å². The number of hydrogen-bond acceptors (Lipinski definition) is 6. The average Bonchev–Trinajstić information content (AvgIpc) is 3.36. The van der Waals surface area contributed by atoms with Gasteiger partial charge in [0, 0.05) is 43.4 Å². The smallest absolute Gasteiger partial charge is 0.231 e. The summed E-state index contributed by atoms with van der Waals surface area (Å²) in [5.41, 5.74) is 2.36. The van der Waals surface area contributed by atoms with E-state index in [1.54, 1.807) is 6.21 Å². The fourth-order valence-electron chi connectivity index (χ4n) is 4.68. The molecular formula is C28H34FN3O4. The molecule has 2 aliphatic rings. The van der Waals surface area contributed by atoms with Gasteiger partial charge < -0.3 is 24.8 Å². The zero-order valence-corrected chi connectivity index (χ0v) is 20.9. The number of carbonyl (C=O) groups is 1. The van der Waals surface area contributed by atoms with Crippen LogP contribution in [0.2, 0.25) is 0 Å². The summed E-state index contributed by atoms with van der Waals surface area (Å²) >= 11 is 0. The van der Waals surface area contributed by atoms with E-state index in [4.69, 9.17) is 14.2 Å². The molecule has 36 heavy (non-hydrogen) atoms. The van der Waals surface area contributed by atoms with Crippen molar-refractivity contribution in [2.45, 2.75) is 39.0 Å². The Morgan fingerprint density at radius 3 is 2.92 bits per heavy atom. The molecule has 0 radical (unpaired) electrons. The van der Waals surface area contributed by atoms with Gasteiger partial charge in [0.2, 0.25) is 12.7 Å². The highest BCUT2D eigenvalue weighted by Crippen LogP contribution is 2.36. The van der Waals surface area contributed by atoms with Gasteiger partial charge in [-0.25, -0.2) is 4.39 Å². The number of hydrogen-bond donors (Lipinski definition) is 2. The number of fused-ring (bicyclic) bond motifs is 1. The number of benzene rings is 2. The Hall–Kier alpha value is -3.39. The molecule has 2 aliphatic heterocycles. The van der Waals surface area contributed by atoms with Gasteiger partial charge in [0.1, 0.15) is 11.6 Å². The lowest BCUT2D eigenvalue weighted by atomic mass is 9.81. The molecule has 2 atom stereocenters. The van der Waals surface area contributed by atoms with Crippen LogP contribution in [0.5, 0.6) is 17.2 Å². The van der Waals surface area contributed by atoms with Crippen LogP contribution in [0.4, 0.5) is 4.39 Å². The molecule has 0 unspecified atom stereocenters. The molecule has 4 rings (SSSR count). The second kappa shape index (κ2) is 12.5. The van der Waals surface area contributed by atoms with Crippen molar-refractivity contribution in [2.75, 3.05) is 33.0 Å². The first kappa shape index (κ1) is 25.7. The molecule has 1 fully saturated rings. The molecule has 0 saturated carbocycles. The lowest BCUT2D eigenvalue weighted by Gasteiger charge is -2.32. The number of rotatable bonds is 10. The predicted octanol–water partition coefficient (Wildman–Crippen LogP) is 4.37. The minimum absolute atomic E-state index is 0.00518. The lowest BCUT2D eigenvalue weighted by Crippen LogP contribution is -2.38. The maximum atomic E-state index is 14.6. The summed E-state index contributed by atoms with van der Waals surface area (Å²) in [5.74, 6) is 1.98. The fourth-order valence-corrected chi connectivity index (χ4v) is 4.68. The summed E-state index contributed by atoms with van der Waals surface area (Å²) in [5, 5.41) is 6.32. The number of halogens is 1. The molecule has 1 saturated heterocycles. The molecule has 0 bridgehead atoms. The third-order valence-corrected chi connectivity index (χ3v) is 6.60. The zero-order valence-electron chi connectivity index (χ0n) is 20.9. The van der Waals surface area contributed by atoms with Crippen molar-refractivity contribution in [3.05, 3.63) is 65.1 Å². The Morgan fingerprint density at radius 1 is 1.22 bits per heavy atom. The van der Waals surface area contributed by atoms with E-state index in [2.05, 4.69) is 15.6 Å². The van der Waals surface area contributed by atoms with Gasteiger partial charge in [-0.3, -0.25) is 9.79 Å². The van der Waals surface area contributed by atoms with E-state index in [1.165, 1.54) is 6.07 Å². The summed E-state index contributed by atoms with van der Waals surface area (Å²) in [6.07, 6.45) is 5.20. The van der Waals surface area contributed by atoms with Crippen LogP contribution in [-0.4, -0.2) is 45.2 Å². The molecule has 2 N–H and O–H groups in total. The van der Waals surface area contributed by atoms with Gasteiger partial charge in [0.15, 0.2) is 11.5 Å². The van der Waals surface area contributed by atoms with Gasteiger partial charge in [-0.2, -0.15) is 0 Å². The van der Waals surface area contributed by atoms with E-state index in [9.17, 15) is 9.18 Å². The molecule has 1 amide bonds. The molecule has 0 spiro atoms. The highest BCUT2D eigenvalue weighted by atomic mass is 19.1. The summed E-state index contributed by atoms with van der Waals surface area (Å²) in [6.45, 7) is 6.65. The fraction of sp³-hybridized carbons (Fsp3) is 0.429. The van der Waals surface area contributed by atoms with Crippen LogP contribution in [-0.2, 0) is 11.2 Å². The minimum atomic E-state index is -0.360. The number of aliphatic imine (C=N–C) groups is 1. The van der Waals surface area contributed by atoms with Crippen molar-refractivity contribution in [3.63, 3.8) is 0 Å². The molecule has 8 heteroatoms. The number of amides is 1. The molecule has 2 aromatic carbocycles. The molecular weight excluding hydrogens is 461 g/mol. The standard InChI is InChI=1S/C28H34FN3O4/c1-3-22(31-4-2)9-12-32-28(33)14-20-13-19(5-7-25(20)29)24-10-11-30-16-21(24)17-34-23-6-8-26-27(15-23)36-18-35-26/h3-8,13,15,21,24,30H,9-12,14,16-18H2,1-2H3,(H,32,33)/b22-3-,31-4-/t21-,24-/m0/s1. The largest absolute Gasteiger partial charge is 0.493 e. The van der Waals surface area contributed by atoms with Crippen LogP contribution in [0.3, 0.4) is 0 Å². The van der Waals surface area contributed by atoms with E-state index >= 15 is 0 Å². The van der Waals surface area contributed by atoms with Gasteiger partial charge in [0.25, 0.3) is 0 Å². The monoisotopic (exact) mass is 495 g/mol. The van der Waals surface area contributed by atoms with Gasteiger partial charge >= 0.3 is 0 Å². The highest BCUT2D eigenvalue weighted by Gasteiger charge is 2.28. The average molecular weight is 496 g/mol. The van der Waals surface area contributed by atoms with E-state index < -0.39 is 0 Å². The summed E-state index contributed by atoms with van der Waals surface area (Å²) in [6, 6.07) is 10.7. The number of nitrogens with one attached hydrogen (secondary N) is 2. The van der Waals surface area contributed by atoms with Crippen LogP contribution in [0, 0.1) is 11.7 Å². The summed E-state index contributed by atoms with van der Waals surface area (Å²) in [4.78, 5) is 16.8. The predicted molar refractivity (Wildman–Crippen MR) is 137 cm³/mol. The Labute approximate surface area is 211 Å². The first-order chi connectivity index (χ1) is 17.6. The normalized spacial score (nSPS) is 19.5. The van der Waals surface area contributed by atoms with E-state index in [0.29, 0.717) is 30.9 Å². The molecule has 2 aromatic rings. The van der Waals surface area contributed by atoms with Crippen molar-refractivity contribution < 1.29 is 23.4 Å². The van der Waals surface area contributed by atoms with E-state index in [-0.39, 0.29) is 36.8 Å². The van der Waals surface area contributed by atoms with Crippen LogP contribution in [0.25, 0.3) is 0 Å². The maximum absolute atomic E-state index is 14.6. The minimum Gasteiger partial charge on any atom is -0.493 e. The number of nitrogens with zero attached hydrogens (tertiary/aromatic N) is 1. The first-order valence-electron chi connectivity index (χ1n) is 12.5. The Kier molecular flexibility index (Phi) is 8.95. The van der Waals surface area contributed by atoms with E-state index in [0.717, 1.165) is 42.3 Å². The molecule has 0 aliphatic carbocycles. The number of carbonyl (C=O) groups excluding carboxylic acids is 1. The molecule has 7 nitrogen and oxygen atoms in total. The van der Waals surface area contributed by atoms with Crippen LogP contribution >= 0.6 is 0 Å². The van der Waals surface area contributed by atoms with Gasteiger partial charge in [-0.15, -0.1) is 0 Å². The molecule has 2 heterocycles. The van der Waals surface area contributed by atoms with Crippen molar-refractivity contribution >= 4 is 12.1 Å². The Morgan fingerprint density at radius 2 is 2.08 bits per heavy atom. The second-order valence-electron chi connectivity index (χ2n) is 8.98. The quantitative estimate of drug-likeness (QED) is 0.479.